The van der Waals surface area contributed by atoms with E-state index in [2.05, 4.69) is 121 Å². The van der Waals surface area contributed by atoms with Gasteiger partial charge in [-0.25, -0.2) is 0 Å². The quantitative estimate of drug-likeness (QED) is 0.219. The summed E-state index contributed by atoms with van der Waals surface area (Å²) in [4.78, 5) is 0. The van der Waals surface area contributed by atoms with Crippen LogP contribution in [0.3, 0.4) is 0 Å². The summed E-state index contributed by atoms with van der Waals surface area (Å²) in [5.74, 6) is 0. The van der Waals surface area contributed by atoms with Crippen molar-refractivity contribution in [2.24, 2.45) is 0 Å². The minimum Gasteiger partial charge on any atom is -0.0628 e. The van der Waals surface area contributed by atoms with Crippen molar-refractivity contribution in [1.29, 1.82) is 0 Å². The molecule has 4 aromatic rings. The average molecular weight is 449 g/mol. The van der Waals surface area contributed by atoms with Crippen LogP contribution in [-0.2, 0) is 0 Å². The van der Waals surface area contributed by atoms with Crippen LogP contribution < -0.4 is 20.7 Å². The van der Waals surface area contributed by atoms with Gasteiger partial charge in [-0.2, -0.15) is 0 Å². The van der Waals surface area contributed by atoms with E-state index in [-0.39, 0.29) is 0 Å². The molecule has 4 rings (SSSR count). The van der Waals surface area contributed by atoms with Gasteiger partial charge in [0.15, 0.2) is 0 Å². The summed E-state index contributed by atoms with van der Waals surface area (Å²) < 4.78 is 0. The summed E-state index contributed by atoms with van der Waals surface area (Å²) in [5, 5.41) is 6.18. The van der Waals surface area contributed by atoms with Crippen LogP contribution in [0.25, 0.3) is 0 Å². The van der Waals surface area contributed by atoms with Gasteiger partial charge in [0.2, 0.25) is 0 Å². The Kier molecular flexibility index (Phi) is 8.70. The number of unbranched alkanes of at least 4 members (excludes halogenated alkanes) is 3. The Hall–Kier alpha value is -2.69. The number of hydrogen-bond acceptors (Lipinski definition) is 0. The topological polar surface area (TPSA) is 0 Å². The highest BCUT2D eigenvalue weighted by Crippen LogP contribution is 2.11. The van der Waals surface area contributed by atoms with Gasteiger partial charge in [0.1, 0.15) is 17.6 Å². The molecule has 0 saturated carbocycles. The molecule has 0 nitrogen and oxygen atoms in total. The van der Waals surface area contributed by atoms with Crippen LogP contribution in [0.2, 0.25) is 12.1 Å². The van der Waals surface area contributed by atoms with Crippen molar-refractivity contribution in [3.8, 4) is 0 Å². The van der Waals surface area contributed by atoms with Gasteiger partial charge in [-0.15, -0.1) is 0 Å². The van der Waals surface area contributed by atoms with Crippen molar-refractivity contribution in [3.05, 3.63) is 121 Å². The Morgan fingerprint density at radius 3 is 0.812 bits per heavy atom. The predicted molar refractivity (Wildman–Crippen MR) is 144 cm³/mol. The van der Waals surface area contributed by atoms with Crippen LogP contribution in [0.5, 0.6) is 0 Å². The van der Waals surface area contributed by atoms with Crippen LogP contribution in [0, 0.1) is 0 Å². The lowest BCUT2D eigenvalue weighted by molar-refractivity contribution is 0.697. The number of benzene rings is 4. The highest BCUT2D eigenvalue weighted by Gasteiger charge is 2.17. The molecule has 2 radical (unpaired) electrons. The fourth-order valence-corrected chi connectivity index (χ4v) is 9.83. The second-order valence-corrected chi connectivity index (χ2v) is 13.6. The highest BCUT2D eigenvalue weighted by molar-refractivity contribution is 6.85. The number of hydrogen-bond donors (Lipinski definition) is 0. The minimum atomic E-state index is -0.682. The molecule has 0 saturated heterocycles. The normalized spacial score (nSPS) is 11.2. The van der Waals surface area contributed by atoms with Crippen molar-refractivity contribution in [2.45, 2.75) is 37.8 Å². The SMILES string of the molecule is c1ccc([Si](CCCCCC[Si](c2ccccc2)c2ccccc2)c2ccccc2)cc1. The summed E-state index contributed by atoms with van der Waals surface area (Å²) in [6, 6.07) is 47.4. The molecule has 0 fully saturated rings. The van der Waals surface area contributed by atoms with Crippen molar-refractivity contribution < 1.29 is 0 Å². The highest BCUT2D eigenvalue weighted by atomic mass is 28.3. The van der Waals surface area contributed by atoms with Gasteiger partial charge >= 0.3 is 0 Å². The Morgan fingerprint density at radius 2 is 0.562 bits per heavy atom. The lowest BCUT2D eigenvalue weighted by Gasteiger charge is -2.17. The lowest BCUT2D eigenvalue weighted by Crippen LogP contribution is -2.42. The average Bonchev–Trinajstić information content (AvgIpc) is 2.88. The zero-order valence-electron chi connectivity index (χ0n) is 18.8. The Morgan fingerprint density at radius 1 is 0.312 bits per heavy atom. The van der Waals surface area contributed by atoms with E-state index in [0.717, 1.165) is 0 Å². The van der Waals surface area contributed by atoms with Crippen LogP contribution >= 0.6 is 0 Å². The van der Waals surface area contributed by atoms with Gasteiger partial charge < -0.3 is 0 Å². The predicted octanol–water partition coefficient (Wildman–Crippen LogP) is 5.17. The third-order valence-electron chi connectivity index (χ3n) is 6.09. The minimum absolute atomic E-state index is 0.682. The van der Waals surface area contributed by atoms with E-state index in [1.54, 1.807) is 20.7 Å². The first-order valence-electron chi connectivity index (χ1n) is 11.8. The summed E-state index contributed by atoms with van der Waals surface area (Å²) in [6.45, 7) is 0. The summed E-state index contributed by atoms with van der Waals surface area (Å²) >= 11 is 0. The third-order valence-corrected chi connectivity index (χ3v) is 11.9. The standard InChI is InChI=1S/C30H32Si2/c1(15-25-31(27-17-7-3-8-18-27)28-19-9-4-10-20-28)2-16-26-32(29-21-11-5-12-22-29)30-23-13-6-14-24-30/h3-14,17-24H,1-2,15-16,25-26H2. The maximum absolute atomic E-state index is 2.33. The van der Waals surface area contributed by atoms with E-state index >= 15 is 0 Å². The van der Waals surface area contributed by atoms with Gasteiger partial charge in [-0.1, -0.05) is 180 Å². The van der Waals surface area contributed by atoms with E-state index in [9.17, 15) is 0 Å². The van der Waals surface area contributed by atoms with Crippen molar-refractivity contribution in [2.75, 3.05) is 0 Å². The molecule has 0 aliphatic rings. The maximum atomic E-state index is 2.33. The zero-order chi connectivity index (χ0) is 21.8. The largest absolute Gasteiger partial charge is 0.121 e. The van der Waals surface area contributed by atoms with Gasteiger partial charge in [-0.05, 0) is 0 Å². The molecule has 0 spiro atoms. The fraction of sp³-hybridized carbons (Fsp3) is 0.200. The fourth-order valence-electron chi connectivity index (χ4n) is 4.43. The zero-order valence-corrected chi connectivity index (χ0v) is 20.8. The summed E-state index contributed by atoms with van der Waals surface area (Å²) in [5.41, 5.74) is 0. The third kappa shape index (κ3) is 6.41. The van der Waals surface area contributed by atoms with Crippen molar-refractivity contribution >= 4 is 38.3 Å². The first-order chi connectivity index (χ1) is 15.9. The Bertz CT molecular complexity index is 851. The second kappa shape index (κ2) is 12.4. The Labute approximate surface area is 197 Å². The monoisotopic (exact) mass is 448 g/mol. The smallest absolute Gasteiger partial charge is 0.0628 e. The first kappa shape index (κ1) is 22.5. The van der Waals surface area contributed by atoms with Crippen LogP contribution in [0.1, 0.15) is 25.7 Å². The van der Waals surface area contributed by atoms with Crippen molar-refractivity contribution in [3.63, 3.8) is 0 Å². The molecule has 4 aromatic carbocycles. The van der Waals surface area contributed by atoms with Crippen LogP contribution in [0.15, 0.2) is 121 Å². The molecular formula is C30H32Si2. The van der Waals surface area contributed by atoms with E-state index in [1.807, 2.05) is 0 Å². The Balaban J connectivity index is 1.31. The molecule has 0 N–H and O–H groups in total. The van der Waals surface area contributed by atoms with E-state index in [0.29, 0.717) is 0 Å². The molecule has 0 aliphatic heterocycles. The molecule has 0 aromatic heterocycles. The van der Waals surface area contributed by atoms with E-state index in [4.69, 9.17) is 0 Å². The molecular weight excluding hydrogens is 417 g/mol. The molecule has 0 bridgehead atoms. The molecule has 32 heavy (non-hydrogen) atoms. The molecule has 0 amide bonds. The summed E-state index contributed by atoms with van der Waals surface area (Å²) in [7, 11) is -1.36. The maximum Gasteiger partial charge on any atom is 0.121 e. The van der Waals surface area contributed by atoms with Crippen LogP contribution in [0.4, 0.5) is 0 Å². The lowest BCUT2D eigenvalue weighted by atomic mass is 10.2. The molecule has 0 atom stereocenters. The van der Waals surface area contributed by atoms with Gasteiger partial charge in [0, 0.05) is 0 Å². The first-order valence-corrected chi connectivity index (χ1v) is 15.3. The van der Waals surface area contributed by atoms with Gasteiger partial charge in [0.05, 0.1) is 0 Å². The van der Waals surface area contributed by atoms with Gasteiger partial charge in [-0.3, -0.25) is 0 Å². The van der Waals surface area contributed by atoms with Gasteiger partial charge in [0.25, 0.3) is 0 Å². The van der Waals surface area contributed by atoms with E-state index in [1.165, 1.54) is 37.8 Å². The van der Waals surface area contributed by atoms with Crippen LogP contribution in [-0.4, -0.2) is 17.6 Å². The molecule has 0 heterocycles. The number of rotatable bonds is 11. The van der Waals surface area contributed by atoms with Crippen molar-refractivity contribution in [1.82, 2.24) is 0 Å². The van der Waals surface area contributed by atoms with E-state index < -0.39 is 17.6 Å². The molecule has 0 aliphatic carbocycles. The molecule has 0 unspecified atom stereocenters. The molecule has 2 heteroatoms. The second-order valence-electron chi connectivity index (χ2n) is 8.34. The molecule has 160 valence electrons. The summed E-state index contributed by atoms with van der Waals surface area (Å²) in [6.07, 6.45) is 5.34.